The third-order valence-electron chi connectivity index (χ3n) is 3.49. The molecule has 0 aromatic rings. The van der Waals surface area contributed by atoms with Gasteiger partial charge in [0, 0.05) is 0 Å². The van der Waals surface area contributed by atoms with Crippen molar-refractivity contribution in [3.05, 3.63) is 0 Å². The minimum Gasteiger partial charge on any atom is -0.320 e. The number of hydrogen-bond donors (Lipinski definition) is 2. The smallest absolute Gasteiger partial charge is 0.00489 e. The second kappa shape index (κ2) is 16.9. The molecule has 0 spiro atoms. The van der Waals surface area contributed by atoms with Crippen LogP contribution in [0.3, 0.4) is 0 Å². The van der Waals surface area contributed by atoms with E-state index in [0.29, 0.717) is 0 Å². The minimum atomic E-state index is 1.18. The van der Waals surface area contributed by atoms with Crippen molar-refractivity contribution < 1.29 is 0 Å². The van der Waals surface area contributed by atoms with Gasteiger partial charge in [0.15, 0.2) is 0 Å². The number of unbranched alkanes of at least 4 members (excludes halogenated alkanes) is 9. The molecular weight excluding hydrogens is 220 g/mol. The monoisotopic (exact) mass is 256 g/mol. The van der Waals surface area contributed by atoms with Crippen molar-refractivity contribution in [2.45, 2.75) is 77.6 Å². The van der Waals surface area contributed by atoms with E-state index in [9.17, 15) is 0 Å². The zero-order chi connectivity index (χ0) is 13.3. The van der Waals surface area contributed by atoms with Gasteiger partial charge in [-0.1, -0.05) is 58.3 Å². The van der Waals surface area contributed by atoms with E-state index in [1.807, 2.05) is 7.05 Å². The van der Waals surface area contributed by atoms with Gasteiger partial charge in [0.25, 0.3) is 0 Å². The van der Waals surface area contributed by atoms with Crippen molar-refractivity contribution in [2.24, 2.45) is 0 Å². The lowest BCUT2D eigenvalue weighted by molar-refractivity contribution is 0.541. The molecule has 0 aliphatic heterocycles. The van der Waals surface area contributed by atoms with E-state index in [0.717, 1.165) is 0 Å². The molecule has 0 aliphatic carbocycles. The zero-order valence-electron chi connectivity index (χ0n) is 12.9. The molecule has 0 heterocycles. The average Bonchev–Trinajstić information content (AvgIpc) is 2.39. The van der Waals surface area contributed by atoms with Gasteiger partial charge in [0.1, 0.15) is 0 Å². The molecule has 2 nitrogen and oxygen atoms in total. The fraction of sp³-hybridized carbons (Fsp3) is 1.00. The molecule has 110 valence electrons. The lowest BCUT2D eigenvalue weighted by atomic mass is 10.1. The van der Waals surface area contributed by atoms with E-state index < -0.39 is 0 Å². The van der Waals surface area contributed by atoms with E-state index in [1.165, 1.54) is 90.3 Å². The SMILES string of the molecule is CCCCCCNCCCCCCCCCNC. The molecule has 0 aliphatic rings. The fourth-order valence-corrected chi connectivity index (χ4v) is 2.24. The van der Waals surface area contributed by atoms with Gasteiger partial charge in [0.05, 0.1) is 0 Å². The Labute approximate surface area is 115 Å². The Hall–Kier alpha value is -0.0800. The van der Waals surface area contributed by atoms with Crippen molar-refractivity contribution in [3.8, 4) is 0 Å². The quantitative estimate of drug-likeness (QED) is 0.431. The molecule has 0 aromatic heterocycles. The van der Waals surface area contributed by atoms with Gasteiger partial charge in [-0.05, 0) is 45.9 Å². The van der Waals surface area contributed by atoms with Gasteiger partial charge in [-0.2, -0.15) is 0 Å². The Bertz CT molecular complexity index is 121. The standard InChI is InChI=1S/C16H36N2/c1-3-4-5-12-15-18-16-13-10-8-6-7-9-11-14-17-2/h17-18H,3-16H2,1-2H3. The Kier molecular flexibility index (Phi) is 16.8. The van der Waals surface area contributed by atoms with Crippen LogP contribution in [0, 0.1) is 0 Å². The predicted molar refractivity (Wildman–Crippen MR) is 83.3 cm³/mol. The van der Waals surface area contributed by atoms with Crippen LogP contribution in [-0.4, -0.2) is 26.7 Å². The first kappa shape index (κ1) is 17.9. The van der Waals surface area contributed by atoms with Gasteiger partial charge in [-0.3, -0.25) is 0 Å². The molecule has 0 aromatic carbocycles. The summed E-state index contributed by atoms with van der Waals surface area (Å²) < 4.78 is 0. The summed E-state index contributed by atoms with van der Waals surface area (Å²) >= 11 is 0. The number of hydrogen-bond acceptors (Lipinski definition) is 2. The Balaban J connectivity index is 2.86. The van der Waals surface area contributed by atoms with Crippen LogP contribution < -0.4 is 10.6 Å². The van der Waals surface area contributed by atoms with E-state index in [-0.39, 0.29) is 0 Å². The summed E-state index contributed by atoms with van der Waals surface area (Å²) in [7, 11) is 2.04. The lowest BCUT2D eigenvalue weighted by Crippen LogP contribution is -2.16. The molecule has 2 N–H and O–H groups in total. The Morgan fingerprint density at radius 3 is 1.50 bits per heavy atom. The Morgan fingerprint density at radius 2 is 1.00 bits per heavy atom. The van der Waals surface area contributed by atoms with E-state index in [4.69, 9.17) is 0 Å². The second-order valence-electron chi connectivity index (χ2n) is 5.39. The molecule has 0 saturated heterocycles. The van der Waals surface area contributed by atoms with Crippen LogP contribution in [0.25, 0.3) is 0 Å². The topological polar surface area (TPSA) is 24.1 Å². The third-order valence-corrected chi connectivity index (χ3v) is 3.49. The van der Waals surface area contributed by atoms with Gasteiger partial charge in [-0.25, -0.2) is 0 Å². The van der Waals surface area contributed by atoms with E-state index >= 15 is 0 Å². The highest BCUT2D eigenvalue weighted by Crippen LogP contribution is 2.06. The first-order chi connectivity index (χ1) is 8.91. The first-order valence-electron chi connectivity index (χ1n) is 8.27. The maximum absolute atomic E-state index is 3.55. The molecule has 2 heteroatoms. The van der Waals surface area contributed by atoms with Gasteiger partial charge >= 0.3 is 0 Å². The third kappa shape index (κ3) is 15.9. The van der Waals surface area contributed by atoms with Crippen molar-refractivity contribution in [1.82, 2.24) is 10.6 Å². The fourth-order valence-electron chi connectivity index (χ4n) is 2.24. The summed E-state index contributed by atoms with van der Waals surface area (Å²) in [5.74, 6) is 0. The summed E-state index contributed by atoms with van der Waals surface area (Å²) in [4.78, 5) is 0. The maximum atomic E-state index is 3.55. The molecule has 0 bridgehead atoms. The maximum Gasteiger partial charge on any atom is -0.00489 e. The van der Waals surface area contributed by atoms with Crippen molar-refractivity contribution in [1.29, 1.82) is 0 Å². The molecule has 0 unspecified atom stereocenters. The van der Waals surface area contributed by atoms with Gasteiger partial charge < -0.3 is 10.6 Å². The molecular formula is C16H36N2. The van der Waals surface area contributed by atoms with Crippen LogP contribution in [0.4, 0.5) is 0 Å². The van der Waals surface area contributed by atoms with Crippen LogP contribution in [0.2, 0.25) is 0 Å². The predicted octanol–water partition coefficient (Wildman–Crippen LogP) is 4.11. The summed E-state index contributed by atoms with van der Waals surface area (Å²) in [5.41, 5.74) is 0. The van der Waals surface area contributed by atoms with Crippen LogP contribution >= 0.6 is 0 Å². The molecule has 18 heavy (non-hydrogen) atoms. The lowest BCUT2D eigenvalue weighted by Gasteiger charge is -2.05. The summed E-state index contributed by atoms with van der Waals surface area (Å²) in [6.07, 6.45) is 15.3. The molecule has 0 amide bonds. The molecule has 0 fully saturated rings. The van der Waals surface area contributed by atoms with Gasteiger partial charge in [0.2, 0.25) is 0 Å². The highest BCUT2D eigenvalue weighted by Gasteiger charge is 1.92. The summed E-state index contributed by atoms with van der Waals surface area (Å²) in [5, 5.41) is 6.76. The largest absolute Gasteiger partial charge is 0.320 e. The summed E-state index contributed by atoms with van der Waals surface area (Å²) in [6.45, 7) is 5.91. The molecule has 0 rings (SSSR count). The number of nitrogens with one attached hydrogen (secondary N) is 2. The van der Waals surface area contributed by atoms with Crippen LogP contribution in [0.15, 0.2) is 0 Å². The molecule has 0 atom stereocenters. The van der Waals surface area contributed by atoms with E-state index in [1.54, 1.807) is 0 Å². The van der Waals surface area contributed by atoms with E-state index in [2.05, 4.69) is 17.6 Å². The first-order valence-corrected chi connectivity index (χ1v) is 8.27. The van der Waals surface area contributed by atoms with Crippen LogP contribution in [0.1, 0.15) is 77.6 Å². The van der Waals surface area contributed by atoms with Crippen LogP contribution in [0.5, 0.6) is 0 Å². The minimum absolute atomic E-state index is 1.18. The number of rotatable bonds is 15. The zero-order valence-corrected chi connectivity index (χ0v) is 12.9. The highest BCUT2D eigenvalue weighted by atomic mass is 14.8. The van der Waals surface area contributed by atoms with Crippen molar-refractivity contribution in [3.63, 3.8) is 0 Å². The Morgan fingerprint density at radius 1 is 0.556 bits per heavy atom. The second-order valence-corrected chi connectivity index (χ2v) is 5.39. The van der Waals surface area contributed by atoms with Gasteiger partial charge in [-0.15, -0.1) is 0 Å². The normalized spacial score (nSPS) is 11.0. The van der Waals surface area contributed by atoms with Crippen molar-refractivity contribution in [2.75, 3.05) is 26.7 Å². The van der Waals surface area contributed by atoms with Crippen molar-refractivity contribution >= 4 is 0 Å². The average molecular weight is 256 g/mol. The van der Waals surface area contributed by atoms with Crippen LogP contribution in [-0.2, 0) is 0 Å². The molecule has 0 saturated carbocycles. The summed E-state index contributed by atoms with van der Waals surface area (Å²) in [6, 6.07) is 0. The highest BCUT2D eigenvalue weighted by molar-refractivity contribution is 4.51. The molecule has 0 radical (unpaired) electrons.